The van der Waals surface area contributed by atoms with Crippen molar-refractivity contribution in [2.24, 2.45) is 0 Å². The largest absolute Gasteiger partial charge is 0.468 e. The van der Waals surface area contributed by atoms with Gasteiger partial charge in [0.25, 0.3) is 0 Å². The summed E-state index contributed by atoms with van der Waals surface area (Å²) in [7, 11) is 0. The topological polar surface area (TPSA) is 34.4 Å². The Labute approximate surface area is 127 Å². The first-order valence-electron chi connectivity index (χ1n) is 7.77. The third-order valence-electron chi connectivity index (χ3n) is 3.40. The quantitative estimate of drug-likeness (QED) is 0.672. The van der Waals surface area contributed by atoms with Gasteiger partial charge in [0.15, 0.2) is 0 Å². The standard InChI is InChI=1S/C18H25NO2/c1-2-11-19-14-18-17(10-13-21-18)15-20-12-6-9-16-7-4-3-5-8-16/h3-5,7-8,10,13,19H,2,6,9,11-12,14-15H2,1H3. The van der Waals surface area contributed by atoms with Gasteiger partial charge in [-0.2, -0.15) is 0 Å². The number of benzene rings is 1. The smallest absolute Gasteiger partial charge is 0.123 e. The highest BCUT2D eigenvalue weighted by Crippen LogP contribution is 2.12. The van der Waals surface area contributed by atoms with Crippen LogP contribution in [0.4, 0.5) is 0 Å². The van der Waals surface area contributed by atoms with E-state index >= 15 is 0 Å². The zero-order valence-electron chi connectivity index (χ0n) is 12.8. The average molecular weight is 287 g/mol. The first-order chi connectivity index (χ1) is 10.4. The summed E-state index contributed by atoms with van der Waals surface area (Å²) in [5.41, 5.74) is 2.52. The molecule has 1 aromatic heterocycles. The van der Waals surface area contributed by atoms with Crippen molar-refractivity contribution in [1.29, 1.82) is 0 Å². The SMILES string of the molecule is CCCNCc1occc1COCCCc1ccccc1. The Bertz CT molecular complexity index is 493. The van der Waals surface area contributed by atoms with Crippen LogP contribution in [0.5, 0.6) is 0 Å². The van der Waals surface area contributed by atoms with Crippen LogP contribution < -0.4 is 5.32 Å². The van der Waals surface area contributed by atoms with E-state index in [4.69, 9.17) is 9.15 Å². The minimum absolute atomic E-state index is 0.633. The first kappa shape index (κ1) is 15.8. The van der Waals surface area contributed by atoms with E-state index in [1.807, 2.05) is 12.1 Å². The molecule has 2 rings (SSSR count). The van der Waals surface area contributed by atoms with E-state index < -0.39 is 0 Å². The van der Waals surface area contributed by atoms with E-state index in [2.05, 4.69) is 36.5 Å². The molecule has 0 amide bonds. The third-order valence-corrected chi connectivity index (χ3v) is 3.40. The van der Waals surface area contributed by atoms with Crippen LogP contribution in [0.15, 0.2) is 47.1 Å². The molecule has 0 unspecified atom stereocenters. The fourth-order valence-corrected chi connectivity index (χ4v) is 2.23. The average Bonchev–Trinajstić information content (AvgIpc) is 2.96. The van der Waals surface area contributed by atoms with Crippen molar-refractivity contribution < 1.29 is 9.15 Å². The highest BCUT2D eigenvalue weighted by atomic mass is 16.5. The zero-order chi connectivity index (χ0) is 14.8. The van der Waals surface area contributed by atoms with Crippen molar-refractivity contribution in [3.63, 3.8) is 0 Å². The van der Waals surface area contributed by atoms with Gasteiger partial charge in [0, 0.05) is 12.2 Å². The van der Waals surface area contributed by atoms with Crippen molar-refractivity contribution >= 4 is 0 Å². The van der Waals surface area contributed by atoms with Gasteiger partial charge in [0.05, 0.1) is 19.4 Å². The second-order valence-corrected chi connectivity index (χ2v) is 5.19. The number of aryl methyl sites for hydroxylation is 1. The van der Waals surface area contributed by atoms with Crippen molar-refractivity contribution in [2.45, 2.75) is 39.3 Å². The first-order valence-corrected chi connectivity index (χ1v) is 7.77. The predicted octanol–water partition coefficient (Wildman–Crippen LogP) is 3.93. The summed E-state index contributed by atoms with van der Waals surface area (Å²) in [5.74, 6) is 0.992. The molecule has 21 heavy (non-hydrogen) atoms. The molecule has 0 saturated carbocycles. The molecule has 0 saturated heterocycles. The van der Waals surface area contributed by atoms with E-state index in [9.17, 15) is 0 Å². The minimum atomic E-state index is 0.633. The van der Waals surface area contributed by atoms with Gasteiger partial charge in [-0.15, -0.1) is 0 Å². The van der Waals surface area contributed by atoms with Crippen molar-refractivity contribution in [1.82, 2.24) is 5.32 Å². The summed E-state index contributed by atoms with van der Waals surface area (Å²) in [6.45, 7) is 5.36. The molecule has 0 atom stereocenters. The molecule has 0 aliphatic heterocycles. The van der Waals surface area contributed by atoms with Crippen LogP contribution in [-0.2, 0) is 24.3 Å². The molecule has 0 bridgehead atoms. The van der Waals surface area contributed by atoms with Gasteiger partial charge < -0.3 is 14.5 Å². The highest BCUT2D eigenvalue weighted by Gasteiger charge is 2.05. The van der Waals surface area contributed by atoms with Gasteiger partial charge in [-0.1, -0.05) is 37.3 Å². The molecule has 3 nitrogen and oxygen atoms in total. The molecule has 1 aromatic carbocycles. The Balaban J connectivity index is 1.63. The minimum Gasteiger partial charge on any atom is -0.468 e. The lowest BCUT2D eigenvalue weighted by molar-refractivity contribution is 0.117. The number of furan rings is 1. The van der Waals surface area contributed by atoms with Gasteiger partial charge in [-0.25, -0.2) is 0 Å². The third kappa shape index (κ3) is 5.74. The van der Waals surface area contributed by atoms with E-state index in [0.29, 0.717) is 6.61 Å². The fraction of sp³-hybridized carbons (Fsp3) is 0.444. The number of hydrogen-bond donors (Lipinski definition) is 1. The molecule has 0 radical (unpaired) electrons. The van der Waals surface area contributed by atoms with Crippen LogP contribution in [0.3, 0.4) is 0 Å². The molecule has 0 aliphatic carbocycles. The normalized spacial score (nSPS) is 10.9. The van der Waals surface area contributed by atoms with E-state index in [1.165, 1.54) is 5.56 Å². The summed E-state index contributed by atoms with van der Waals surface area (Å²) < 4.78 is 11.3. The Morgan fingerprint density at radius 3 is 2.81 bits per heavy atom. The lowest BCUT2D eigenvalue weighted by atomic mass is 10.1. The Hall–Kier alpha value is -1.58. The van der Waals surface area contributed by atoms with Crippen molar-refractivity contribution in [3.05, 3.63) is 59.5 Å². The number of hydrogen-bond acceptors (Lipinski definition) is 3. The maximum Gasteiger partial charge on any atom is 0.123 e. The molecule has 1 N–H and O–H groups in total. The predicted molar refractivity (Wildman–Crippen MR) is 85.1 cm³/mol. The number of ether oxygens (including phenoxy) is 1. The van der Waals surface area contributed by atoms with Crippen molar-refractivity contribution in [3.8, 4) is 0 Å². The second-order valence-electron chi connectivity index (χ2n) is 5.19. The summed E-state index contributed by atoms with van der Waals surface area (Å²) in [6.07, 6.45) is 4.99. The van der Waals surface area contributed by atoms with Crippen LogP contribution in [0, 0.1) is 0 Å². The molecule has 2 aromatic rings. The van der Waals surface area contributed by atoms with Crippen LogP contribution >= 0.6 is 0 Å². The van der Waals surface area contributed by atoms with Gasteiger partial charge in [-0.3, -0.25) is 0 Å². The van der Waals surface area contributed by atoms with Gasteiger partial charge in [0.2, 0.25) is 0 Å². The monoisotopic (exact) mass is 287 g/mol. The summed E-state index contributed by atoms with van der Waals surface area (Å²) >= 11 is 0. The zero-order valence-corrected chi connectivity index (χ0v) is 12.8. The van der Waals surface area contributed by atoms with Crippen LogP contribution in [0.2, 0.25) is 0 Å². The molecule has 114 valence electrons. The number of nitrogens with one attached hydrogen (secondary N) is 1. The molecular formula is C18H25NO2. The van der Waals surface area contributed by atoms with Crippen LogP contribution in [-0.4, -0.2) is 13.2 Å². The Kier molecular flexibility index (Phi) is 7.05. The van der Waals surface area contributed by atoms with Gasteiger partial charge in [-0.05, 0) is 37.4 Å². The van der Waals surface area contributed by atoms with E-state index in [1.54, 1.807) is 6.26 Å². The van der Waals surface area contributed by atoms with Gasteiger partial charge in [0.1, 0.15) is 5.76 Å². The summed E-state index contributed by atoms with van der Waals surface area (Å²) in [6, 6.07) is 12.5. The summed E-state index contributed by atoms with van der Waals surface area (Å²) in [5, 5.41) is 3.35. The maximum atomic E-state index is 5.76. The lowest BCUT2D eigenvalue weighted by Gasteiger charge is -2.06. The molecule has 0 spiro atoms. The molecule has 0 aliphatic rings. The fourth-order valence-electron chi connectivity index (χ4n) is 2.23. The summed E-state index contributed by atoms with van der Waals surface area (Å²) in [4.78, 5) is 0. The van der Waals surface area contributed by atoms with Crippen molar-refractivity contribution in [2.75, 3.05) is 13.2 Å². The Morgan fingerprint density at radius 2 is 2.00 bits per heavy atom. The highest BCUT2D eigenvalue weighted by molar-refractivity contribution is 5.16. The van der Waals surface area contributed by atoms with Crippen LogP contribution in [0.25, 0.3) is 0 Å². The molecular weight excluding hydrogens is 262 g/mol. The second kappa shape index (κ2) is 9.37. The van der Waals surface area contributed by atoms with Gasteiger partial charge >= 0.3 is 0 Å². The maximum absolute atomic E-state index is 5.76. The van der Waals surface area contributed by atoms with Crippen LogP contribution in [0.1, 0.15) is 36.7 Å². The molecule has 1 heterocycles. The lowest BCUT2D eigenvalue weighted by Crippen LogP contribution is -2.14. The Morgan fingerprint density at radius 1 is 1.14 bits per heavy atom. The van der Waals surface area contributed by atoms with E-state index in [0.717, 1.165) is 50.3 Å². The number of rotatable bonds is 10. The molecule has 0 fully saturated rings. The van der Waals surface area contributed by atoms with E-state index in [-0.39, 0.29) is 0 Å². The molecule has 3 heteroatoms.